The molecule has 1 aromatic heterocycles. The lowest BCUT2D eigenvalue weighted by atomic mass is 10.1. The number of hydrogen-bond donors (Lipinski definition) is 1. The Bertz CT molecular complexity index is 692. The van der Waals surface area contributed by atoms with Crippen LogP contribution < -0.4 is 10.6 Å². The van der Waals surface area contributed by atoms with Gasteiger partial charge in [0.05, 0.1) is 13.1 Å². The van der Waals surface area contributed by atoms with Crippen molar-refractivity contribution < 1.29 is 14.1 Å². The molecule has 3 rings (SSSR count). The van der Waals surface area contributed by atoms with E-state index < -0.39 is 0 Å². The predicted octanol–water partition coefficient (Wildman–Crippen LogP) is 0.729. The van der Waals surface area contributed by atoms with E-state index in [1.165, 1.54) is 7.05 Å². The van der Waals surface area contributed by atoms with Crippen molar-refractivity contribution in [1.29, 1.82) is 0 Å². The van der Waals surface area contributed by atoms with Gasteiger partial charge in [-0.05, 0) is 12.1 Å². The standard InChI is InChI=1S/C14H14N4O3/c1-17-13(19)7-18(8-14(17)20)10-5-3-2-4-9(10)11-6-12(15)16-21-11/h2-6H,7-8H2,1H3,(H2,15,16). The maximum Gasteiger partial charge on any atom is 0.248 e. The molecule has 2 aromatic rings. The van der Waals surface area contributed by atoms with Crippen molar-refractivity contribution in [1.82, 2.24) is 10.1 Å². The van der Waals surface area contributed by atoms with Gasteiger partial charge in [-0.2, -0.15) is 0 Å². The van der Waals surface area contributed by atoms with Gasteiger partial charge in [0.15, 0.2) is 11.6 Å². The van der Waals surface area contributed by atoms with Crippen molar-refractivity contribution in [2.75, 3.05) is 30.8 Å². The van der Waals surface area contributed by atoms with E-state index >= 15 is 0 Å². The van der Waals surface area contributed by atoms with Gasteiger partial charge in [-0.25, -0.2) is 0 Å². The molecular formula is C14H14N4O3. The van der Waals surface area contributed by atoms with E-state index in [9.17, 15) is 9.59 Å². The summed E-state index contributed by atoms with van der Waals surface area (Å²) in [6, 6.07) is 8.96. The Balaban J connectivity index is 2.00. The highest BCUT2D eigenvalue weighted by molar-refractivity contribution is 6.03. The van der Waals surface area contributed by atoms with Crippen molar-refractivity contribution in [3.8, 4) is 11.3 Å². The van der Waals surface area contributed by atoms with Crippen molar-refractivity contribution in [3.63, 3.8) is 0 Å². The number of carbonyl (C=O) groups excluding carboxylic acids is 2. The van der Waals surface area contributed by atoms with Gasteiger partial charge >= 0.3 is 0 Å². The number of nitrogen functional groups attached to an aromatic ring is 1. The number of likely N-dealkylation sites (N-methyl/N-ethyl adjacent to an activating group) is 1. The first-order valence-corrected chi connectivity index (χ1v) is 6.42. The Kier molecular flexibility index (Phi) is 3.09. The first-order valence-electron chi connectivity index (χ1n) is 6.42. The van der Waals surface area contributed by atoms with Gasteiger partial charge in [-0.1, -0.05) is 17.3 Å². The molecule has 1 saturated heterocycles. The lowest BCUT2D eigenvalue weighted by Gasteiger charge is -2.32. The fourth-order valence-electron chi connectivity index (χ4n) is 2.28. The molecule has 0 atom stereocenters. The zero-order valence-electron chi connectivity index (χ0n) is 11.4. The lowest BCUT2D eigenvalue weighted by molar-refractivity contribution is -0.143. The number of nitrogens with zero attached hydrogens (tertiary/aromatic N) is 3. The normalized spacial score (nSPS) is 15.7. The third-order valence-electron chi connectivity index (χ3n) is 3.44. The van der Waals surface area contributed by atoms with Crippen LogP contribution in [0.4, 0.5) is 11.5 Å². The largest absolute Gasteiger partial charge is 0.381 e. The van der Waals surface area contributed by atoms with Crippen molar-refractivity contribution in [2.45, 2.75) is 0 Å². The van der Waals surface area contributed by atoms with Gasteiger partial charge in [-0.3, -0.25) is 14.5 Å². The number of carbonyl (C=O) groups is 2. The summed E-state index contributed by atoms with van der Waals surface area (Å²) in [7, 11) is 1.49. The summed E-state index contributed by atoms with van der Waals surface area (Å²) in [5.74, 6) is 0.309. The molecular weight excluding hydrogens is 272 g/mol. The van der Waals surface area contributed by atoms with Crippen LogP contribution in [-0.4, -0.2) is 42.0 Å². The van der Waals surface area contributed by atoms with E-state index in [1.807, 2.05) is 24.3 Å². The number of anilines is 2. The van der Waals surface area contributed by atoms with Gasteiger partial charge < -0.3 is 15.2 Å². The zero-order chi connectivity index (χ0) is 15.0. The van der Waals surface area contributed by atoms with Crippen LogP contribution >= 0.6 is 0 Å². The smallest absolute Gasteiger partial charge is 0.248 e. The van der Waals surface area contributed by atoms with Crippen LogP contribution in [0.1, 0.15) is 0 Å². The Labute approximate surface area is 120 Å². The molecule has 1 fully saturated rings. The zero-order valence-corrected chi connectivity index (χ0v) is 11.4. The first-order chi connectivity index (χ1) is 10.1. The third kappa shape index (κ3) is 2.33. The number of piperazine rings is 1. The fraction of sp³-hybridized carbons (Fsp3) is 0.214. The number of rotatable bonds is 2. The molecule has 2 amide bonds. The topological polar surface area (TPSA) is 92.7 Å². The third-order valence-corrected chi connectivity index (χ3v) is 3.44. The highest BCUT2D eigenvalue weighted by Crippen LogP contribution is 2.32. The summed E-state index contributed by atoms with van der Waals surface area (Å²) in [6.07, 6.45) is 0. The summed E-state index contributed by atoms with van der Waals surface area (Å²) >= 11 is 0. The number of hydrogen-bond acceptors (Lipinski definition) is 6. The summed E-state index contributed by atoms with van der Waals surface area (Å²) in [4.78, 5) is 26.6. The highest BCUT2D eigenvalue weighted by Gasteiger charge is 2.29. The van der Waals surface area contributed by atoms with Gasteiger partial charge in [0, 0.05) is 24.4 Å². The number of amides is 2. The summed E-state index contributed by atoms with van der Waals surface area (Å²) in [5.41, 5.74) is 7.06. The second-order valence-electron chi connectivity index (χ2n) is 4.84. The Morgan fingerprint density at radius 2 is 1.86 bits per heavy atom. The van der Waals surface area contributed by atoms with Gasteiger partial charge in [-0.15, -0.1) is 0 Å². The molecule has 108 valence electrons. The number of aromatic nitrogens is 1. The maximum absolute atomic E-state index is 11.8. The van der Waals surface area contributed by atoms with Crippen LogP contribution in [0.25, 0.3) is 11.3 Å². The molecule has 21 heavy (non-hydrogen) atoms. The molecule has 0 spiro atoms. The molecule has 2 heterocycles. The summed E-state index contributed by atoms with van der Waals surface area (Å²) in [5, 5.41) is 3.66. The van der Waals surface area contributed by atoms with Crippen LogP contribution in [0.2, 0.25) is 0 Å². The maximum atomic E-state index is 11.8. The Hall–Kier alpha value is -2.83. The Morgan fingerprint density at radius 3 is 2.48 bits per heavy atom. The van der Waals surface area contributed by atoms with E-state index in [-0.39, 0.29) is 30.7 Å². The SMILES string of the molecule is CN1C(=O)CN(c2ccccc2-c2cc(N)no2)CC1=O. The van der Waals surface area contributed by atoms with Crippen molar-refractivity contribution in [3.05, 3.63) is 30.3 Å². The predicted molar refractivity (Wildman–Crippen MR) is 76.3 cm³/mol. The van der Waals surface area contributed by atoms with E-state index in [0.29, 0.717) is 5.76 Å². The lowest BCUT2D eigenvalue weighted by Crippen LogP contribution is -2.52. The van der Waals surface area contributed by atoms with Crippen LogP contribution in [0.5, 0.6) is 0 Å². The molecule has 0 aliphatic carbocycles. The fourth-order valence-corrected chi connectivity index (χ4v) is 2.28. The molecule has 7 heteroatoms. The van der Waals surface area contributed by atoms with Crippen LogP contribution in [0.15, 0.2) is 34.9 Å². The van der Waals surface area contributed by atoms with E-state index in [1.54, 1.807) is 11.0 Å². The number of imide groups is 1. The van der Waals surface area contributed by atoms with Crippen molar-refractivity contribution >= 4 is 23.3 Å². The van der Waals surface area contributed by atoms with Gasteiger partial charge in [0.25, 0.3) is 0 Å². The molecule has 1 aliphatic rings. The average molecular weight is 286 g/mol. The Morgan fingerprint density at radius 1 is 1.19 bits per heavy atom. The second kappa shape index (κ2) is 4.93. The molecule has 7 nitrogen and oxygen atoms in total. The monoisotopic (exact) mass is 286 g/mol. The van der Waals surface area contributed by atoms with Crippen LogP contribution in [0, 0.1) is 0 Å². The van der Waals surface area contributed by atoms with Gasteiger partial charge in [0.2, 0.25) is 11.8 Å². The molecule has 0 unspecified atom stereocenters. The molecule has 0 radical (unpaired) electrons. The number of para-hydroxylation sites is 1. The molecule has 2 N–H and O–H groups in total. The van der Waals surface area contributed by atoms with Crippen LogP contribution in [0.3, 0.4) is 0 Å². The molecule has 0 saturated carbocycles. The van der Waals surface area contributed by atoms with E-state index in [2.05, 4.69) is 5.16 Å². The second-order valence-corrected chi connectivity index (χ2v) is 4.84. The minimum atomic E-state index is -0.238. The van der Waals surface area contributed by atoms with E-state index in [0.717, 1.165) is 16.2 Å². The molecule has 1 aromatic carbocycles. The summed E-state index contributed by atoms with van der Waals surface area (Å²) < 4.78 is 5.17. The van der Waals surface area contributed by atoms with Crippen molar-refractivity contribution in [2.24, 2.45) is 0 Å². The number of benzene rings is 1. The minimum absolute atomic E-state index is 0.142. The molecule has 1 aliphatic heterocycles. The van der Waals surface area contributed by atoms with E-state index in [4.69, 9.17) is 10.3 Å². The summed E-state index contributed by atoms with van der Waals surface area (Å²) in [6.45, 7) is 0.283. The van der Waals surface area contributed by atoms with Gasteiger partial charge in [0.1, 0.15) is 0 Å². The molecule has 0 bridgehead atoms. The highest BCUT2D eigenvalue weighted by atomic mass is 16.5. The minimum Gasteiger partial charge on any atom is -0.381 e. The average Bonchev–Trinajstić information content (AvgIpc) is 2.91. The van der Waals surface area contributed by atoms with Crippen LogP contribution in [-0.2, 0) is 9.59 Å². The number of nitrogens with two attached hydrogens (primary N) is 1. The quantitative estimate of drug-likeness (QED) is 0.818. The first kappa shape index (κ1) is 13.2.